The Kier molecular flexibility index (Phi) is 15.1. The molecule has 1 N–H and O–H groups in total. The number of aromatic nitrogens is 4. The second-order valence-electron chi connectivity index (χ2n) is 14.7. The van der Waals surface area contributed by atoms with Crippen molar-refractivity contribution in [3.63, 3.8) is 0 Å². The number of anilines is 1. The minimum atomic E-state index is -1.67. The first kappa shape index (κ1) is 44.4. The molecule has 15 nitrogen and oxygen atoms in total. The van der Waals surface area contributed by atoms with E-state index in [1.807, 2.05) is 85.8 Å². The molecule has 1 amide bonds. The van der Waals surface area contributed by atoms with Crippen LogP contribution in [0.4, 0.5) is 5.95 Å². The zero-order valence-electron chi connectivity index (χ0n) is 35.4. The van der Waals surface area contributed by atoms with Gasteiger partial charge in [0.15, 0.2) is 11.2 Å². The number of rotatable bonds is 20. The predicted octanol–water partition coefficient (Wildman–Crippen LogP) is 8.16. The molecule has 6 rings (SSSR count). The molecule has 16 heteroatoms. The number of amides is 1. The monoisotopic (exact) mass is 839 g/mol. The van der Waals surface area contributed by atoms with Gasteiger partial charge in [0.25, 0.3) is 8.53 Å². The second kappa shape index (κ2) is 20.4. The summed E-state index contributed by atoms with van der Waals surface area (Å²) in [6, 6.07) is 28.1. The molecule has 3 heterocycles. The number of hydrogen-bond acceptors (Lipinski definition) is 13. The number of carbonyl (C=O) groups is 1. The van der Waals surface area contributed by atoms with Gasteiger partial charge >= 0.3 is 0 Å². The van der Waals surface area contributed by atoms with Crippen LogP contribution in [-0.4, -0.2) is 88.4 Å². The number of nitrogens with zero attached hydrogens (tertiary/aromatic N) is 6. The van der Waals surface area contributed by atoms with Crippen LogP contribution in [0, 0.1) is 11.3 Å². The number of methoxy groups -OCH3 is 2. The molecule has 2 aromatic heterocycles. The van der Waals surface area contributed by atoms with Gasteiger partial charge in [-0.15, -0.1) is 0 Å². The minimum Gasteiger partial charge on any atom is -0.497 e. The quantitative estimate of drug-likeness (QED) is 0.0454. The molecule has 0 radical (unpaired) electrons. The largest absolute Gasteiger partial charge is 0.497 e. The topological polar surface area (TPSA) is 164 Å². The molecule has 4 atom stereocenters. The first-order valence-corrected chi connectivity index (χ1v) is 21.2. The van der Waals surface area contributed by atoms with Crippen molar-refractivity contribution in [2.45, 2.75) is 90.5 Å². The Bertz CT molecular complexity index is 2140. The van der Waals surface area contributed by atoms with Crippen LogP contribution in [0.2, 0.25) is 0 Å². The molecule has 5 aromatic rings. The summed E-state index contributed by atoms with van der Waals surface area (Å²) in [5.74, 6) is 1.41. The number of hydrogen-bond donors (Lipinski definition) is 1. The molecule has 318 valence electrons. The normalized spacial score (nSPS) is 17.3. The van der Waals surface area contributed by atoms with E-state index in [2.05, 4.69) is 58.7 Å². The maximum absolute atomic E-state index is 12.1. The number of nitriles is 1. The van der Waals surface area contributed by atoms with E-state index in [1.54, 1.807) is 25.1 Å². The molecule has 0 saturated carbocycles. The fraction of sp³-hybridized carbons (Fsp3) is 0.432. The Hall–Kier alpha value is -5.20. The number of nitrogens with one attached hydrogen (secondary N) is 1. The maximum Gasteiger partial charge on any atom is 0.259 e. The fourth-order valence-corrected chi connectivity index (χ4v) is 9.13. The highest BCUT2D eigenvalue weighted by atomic mass is 31.2. The molecular weight excluding hydrogens is 785 g/mol. The lowest BCUT2D eigenvalue weighted by Gasteiger charge is -2.39. The van der Waals surface area contributed by atoms with Crippen molar-refractivity contribution in [3.8, 4) is 23.4 Å². The number of ether oxygens (including phenoxy) is 5. The SMILES string of the molecule is CCOc1nc(NC(C)=O)nc2c1ncn2[C@H]1C[C@H](OP(OCCC#N)N(C(C)C)C(C)C)[C@@H](COC(c2ccccc2)(c2ccc(OC)cc2)c2ccc(OC)cc2)O1. The summed E-state index contributed by atoms with van der Waals surface area (Å²) in [6.45, 7) is 12.2. The van der Waals surface area contributed by atoms with Gasteiger partial charge in [0.2, 0.25) is 17.7 Å². The molecule has 1 aliphatic heterocycles. The van der Waals surface area contributed by atoms with Crippen LogP contribution in [-0.2, 0) is 28.9 Å². The molecule has 1 unspecified atom stereocenters. The van der Waals surface area contributed by atoms with E-state index in [1.165, 1.54) is 6.92 Å². The summed E-state index contributed by atoms with van der Waals surface area (Å²) < 4.78 is 48.7. The molecule has 0 spiro atoms. The third-order valence-electron chi connectivity index (χ3n) is 9.97. The van der Waals surface area contributed by atoms with E-state index in [9.17, 15) is 10.1 Å². The Morgan fingerprint density at radius 3 is 2.13 bits per heavy atom. The maximum atomic E-state index is 12.1. The summed E-state index contributed by atoms with van der Waals surface area (Å²) in [5, 5.41) is 12.1. The van der Waals surface area contributed by atoms with E-state index in [0.29, 0.717) is 35.7 Å². The van der Waals surface area contributed by atoms with Gasteiger partial charge in [-0.25, -0.2) is 9.65 Å². The summed E-state index contributed by atoms with van der Waals surface area (Å²) in [6.07, 6.45) is 0.347. The Balaban J connectivity index is 1.46. The standard InChI is InChI=1S/C44H54N7O8P/c1-9-55-42-40-41(48-43(49-42)47-31(6)52)50(28-46-40)39-26-37(59-60(57-25-13-24-45)51(29(2)3)30(4)5)38(58-39)27-56-44(32-14-11-10-12-15-32,33-16-20-35(53-7)21-17-33)34-18-22-36(54-8)23-19-34/h10-12,14-23,28-30,37-39H,9,13,25-27H2,1-8H3,(H,47,48,49,52)/t37-,38+,39+,60?/m0/s1. The highest BCUT2D eigenvalue weighted by Gasteiger charge is 2.45. The van der Waals surface area contributed by atoms with Gasteiger partial charge in [0.1, 0.15) is 29.4 Å². The lowest BCUT2D eigenvalue weighted by molar-refractivity contribution is -0.114. The van der Waals surface area contributed by atoms with Gasteiger partial charge in [-0.05, 0) is 75.6 Å². The van der Waals surface area contributed by atoms with Crippen molar-refractivity contribution >= 4 is 31.5 Å². The van der Waals surface area contributed by atoms with Crippen LogP contribution in [0.25, 0.3) is 11.2 Å². The number of carbonyl (C=O) groups excluding carboxylic acids is 1. The van der Waals surface area contributed by atoms with Crippen LogP contribution in [0.1, 0.15) is 77.3 Å². The lowest BCUT2D eigenvalue weighted by Crippen LogP contribution is -2.39. The first-order valence-electron chi connectivity index (χ1n) is 20.1. The molecule has 1 fully saturated rings. The van der Waals surface area contributed by atoms with Crippen molar-refractivity contribution in [2.75, 3.05) is 39.4 Å². The Morgan fingerprint density at radius 1 is 0.967 bits per heavy atom. The summed E-state index contributed by atoms with van der Waals surface area (Å²) in [5.41, 5.74) is 2.33. The van der Waals surface area contributed by atoms with Crippen LogP contribution >= 0.6 is 8.53 Å². The minimum absolute atomic E-state index is 0.0698. The van der Waals surface area contributed by atoms with E-state index in [4.69, 9.17) is 32.7 Å². The highest BCUT2D eigenvalue weighted by molar-refractivity contribution is 7.44. The smallest absolute Gasteiger partial charge is 0.259 e. The Morgan fingerprint density at radius 2 is 1.58 bits per heavy atom. The zero-order chi connectivity index (χ0) is 42.8. The van der Waals surface area contributed by atoms with Crippen molar-refractivity contribution < 1.29 is 37.5 Å². The van der Waals surface area contributed by atoms with Gasteiger partial charge in [-0.1, -0.05) is 54.6 Å². The molecule has 3 aromatic carbocycles. The van der Waals surface area contributed by atoms with Crippen LogP contribution in [0.15, 0.2) is 85.2 Å². The zero-order valence-corrected chi connectivity index (χ0v) is 36.3. The van der Waals surface area contributed by atoms with Gasteiger partial charge in [0.05, 0.1) is 59.0 Å². The van der Waals surface area contributed by atoms with E-state index in [0.717, 1.165) is 16.7 Å². The van der Waals surface area contributed by atoms with E-state index >= 15 is 0 Å². The summed E-state index contributed by atoms with van der Waals surface area (Å²) in [4.78, 5) is 25.8. The average Bonchev–Trinajstić information content (AvgIpc) is 3.85. The lowest BCUT2D eigenvalue weighted by atomic mass is 9.80. The number of fused-ring (bicyclic) bond motifs is 1. The number of benzene rings is 3. The van der Waals surface area contributed by atoms with Crippen LogP contribution < -0.4 is 19.5 Å². The highest BCUT2D eigenvalue weighted by Crippen LogP contribution is 2.51. The van der Waals surface area contributed by atoms with Crippen LogP contribution in [0.5, 0.6) is 17.4 Å². The molecule has 0 bridgehead atoms. The summed E-state index contributed by atoms with van der Waals surface area (Å²) in [7, 11) is 1.61. The van der Waals surface area contributed by atoms with Gasteiger partial charge in [-0.3, -0.25) is 14.7 Å². The molecule has 1 saturated heterocycles. The van der Waals surface area contributed by atoms with E-state index in [-0.39, 0.29) is 49.5 Å². The van der Waals surface area contributed by atoms with Crippen molar-refractivity contribution in [3.05, 3.63) is 102 Å². The molecular formula is C44H54N7O8P. The fourth-order valence-electron chi connectivity index (χ4n) is 7.38. The van der Waals surface area contributed by atoms with Gasteiger partial charge < -0.3 is 32.7 Å². The first-order chi connectivity index (χ1) is 29.0. The average molecular weight is 840 g/mol. The van der Waals surface area contributed by atoms with Gasteiger partial charge in [0, 0.05) is 25.4 Å². The van der Waals surface area contributed by atoms with Crippen molar-refractivity contribution in [1.82, 2.24) is 24.2 Å². The molecule has 60 heavy (non-hydrogen) atoms. The van der Waals surface area contributed by atoms with E-state index < -0.39 is 32.6 Å². The predicted molar refractivity (Wildman–Crippen MR) is 228 cm³/mol. The summed E-state index contributed by atoms with van der Waals surface area (Å²) >= 11 is 0. The van der Waals surface area contributed by atoms with Gasteiger partial charge in [-0.2, -0.15) is 15.2 Å². The van der Waals surface area contributed by atoms with Crippen molar-refractivity contribution in [1.29, 1.82) is 5.26 Å². The third kappa shape index (κ3) is 9.87. The number of imidazole rings is 1. The van der Waals surface area contributed by atoms with Crippen LogP contribution in [0.3, 0.4) is 0 Å². The van der Waals surface area contributed by atoms with Crippen molar-refractivity contribution in [2.24, 2.45) is 0 Å². The Labute approximate surface area is 352 Å². The molecule has 0 aliphatic carbocycles. The second-order valence-corrected chi connectivity index (χ2v) is 16.1. The third-order valence-corrected chi connectivity index (χ3v) is 12.1. The molecule has 1 aliphatic rings.